The van der Waals surface area contributed by atoms with Crippen molar-refractivity contribution in [1.82, 2.24) is 0 Å². The van der Waals surface area contributed by atoms with Gasteiger partial charge in [-0.25, -0.2) is 0 Å². The van der Waals surface area contributed by atoms with Crippen molar-refractivity contribution in [3.8, 4) is 0 Å². The van der Waals surface area contributed by atoms with Crippen LogP contribution in [0.2, 0.25) is 0 Å². The minimum atomic E-state index is -0.236. The Hall–Kier alpha value is -1.72. The second-order valence-corrected chi connectivity index (χ2v) is 3.33. The molecule has 1 aromatic rings. The summed E-state index contributed by atoms with van der Waals surface area (Å²) in [5.74, 6) is -0.236. The van der Waals surface area contributed by atoms with Crippen molar-refractivity contribution in [1.29, 1.82) is 0 Å². The zero-order valence-corrected chi connectivity index (χ0v) is 9.64. The Bertz CT molecular complexity index is 361. The number of amides is 1. The molecule has 0 saturated carbocycles. The predicted octanol–water partition coefficient (Wildman–Crippen LogP) is 1.10. The third kappa shape index (κ3) is 5.24. The second-order valence-electron chi connectivity index (χ2n) is 3.33. The summed E-state index contributed by atoms with van der Waals surface area (Å²) < 4.78 is 9.84. The van der Waals surface area contributed by atoms with Gasteiger partial charge in [0.1, 0.15) is 12.9 Å². The minimum Gasteiger partial charge on any atom is -0.382 e. The fourth-order valence-electron chi connectivity index (χ4n) is 1.15. The van der Waals surface area contributed by atoms with E-state index >= 15 is 0 Å². The van der Waals surface area contributed by atoms with Gasteiger partial charge < -0.3 is 14.8 Å². The van der Waals surface area contributed by atoms with Gasteiger partial charge in [0.05, 0.1) is 13.2 Å². The van der Waals surface area contributed by atoms with Gasteiger partial charge in [0.2, 0.25) is 5.91 Å². The molecule has 0 fully saturated rings. The third-order valence-corrected chi connectivity index (χ3v) is 2.00. The molecule has 1 aromatic carbocycles. The highest BCUT2D eigenvalue weighted by atomic mass is 16.5. The molecule has 0 atom stereocenters. The van der Waals surface area contributed by atoms with Gasteiger partial charge in [-0.15, -0.1) is 0 Å². The van der Waals surface area contributed by atoms with E-state index in [0.29, 0.717) is 24.5 Å². The summed E-state index contributed by atoms with van der Waals surface area (Å²) in [6.07, 6.45) is 0.749. The lowest BCUT2D eigenvalue weighted by Crippen LogP contribution is -2.19. The number of carbonyl (C=O) groups excluding carboxylic acids is 2. The number of ether oxygens (including phenoxy) is 2. The highest BCUT2D eigenvalue weighted by Gasteiger charge is 2.02. The number of hydrogen-bond acceptors (Lipinski definition) is 4. The second kappa shape index (κ2) is 7.54. The van der Waals surface area contributed by atoms with Gasteiger partial charge in [-0.05, 0) is 24.3 Å². The van der Waals surface area contributed by atoms with Gasteiger partial charge in [0.15, 0.2) is 0 Å². The summed E-state index contributed by atoms with van der Waals surface area (Å²) in [7, 11) is 1.57. The number of nitrogens with one attached hydrogen (secondary N) is 1. The van der Waals surface area contributed by atoms with Crippen molar-refractivity contribution < 1.29 is 19.1 Å². The smallest absolute Gasteiger partial charge is 0.250 e. The molecule has 1 N–H and O–H groups in total. The molecule has 1 amide bonds. The van der Waals surface area contributed by atoms with Crippen molar-refractivity contribution in [3.63, 3.8) is 0 Å². The molecule has 0 heterocycles. The molecule has 5 heteroatoms. The average Bonchev–Trinajstić information content (AvgIpc) is 2.36. The predicted molar refractivity (Wildman–Crippen MR) is 63.2 cm³/mol. The summed E-state index contributed by atoms with van der Waals surface area (Å²) in [5, 5.41) is 2.65. The Morgan fingerprint density at radius 1 is 1.29 bits per heavy atom. The van der Waals surface area contributed by atoms with Crippen LogP contribution in [0.5, 0.6) is 0 Å². The van der Waals surface area contributed by atoms with Gasteiger partial charge in [-0.1, -0.05) is 0 Å². The van der Waals surface area contributed by atoms with Crippen LogP contribution in [0.3, 0.4) is 0 Å². The zero-order valence-electron chi connectivity index (χ0n) is 9.64. The molecule has 5 nitrogen and oxygen atoms in total. The molecule has 0 aromatic heterocycles. The van der Waals surface area contributed by atoms with E-state index in [1.807, 2.05) is 0 Å². The zero-order chi connectivity index (χ0) is 12.5. The summed E-state index contributed by atoms with van der Waals surface area (Å²) in [5.41, 5.74) is 1.20. The van der Waals surface area contributed by atoms with Crippen LogP contribution in [0.25, 0.3) is 0 Å². The lowest BCUT2D eigenvalue weighted by molar-refractivity contribution is -0.121. The standard InChI is InChI=1S/C12H15NO4/c1-16-6-7-17-9-12(15)13-11-4-2-10(8-14)3-5-11/h2-5,8H,6-7,9H2,1H3,(H,13,15). The molecule has 0 spiro atoms. The number of rotatable bonds is 7. The van der Waals surface area contributed by atoms with E-state index in [2.05, 4.69) is 5.32 Å². The number of methoxy groups -OCH3 is 1. The highest BCUT2D eigenvalue weighted by molar-refractivity contribution is 5.92. The molecule has 17 heavy (non-hydrogen) atoms. The largest absolute Gasteiger partial charge is 0.382 e. The Morgan fingerprint density at radius 3 is 2.59 bits per heavy atom. The van der Waals surface area contributed by atoms with Crippen LogP contribution in [-0.4, -0.2) is 39.1 Å². The molecule has 1 rings (SSSR count). The van der Waals surface area contributed by atoms with Gasteiger partial charge in [-0.2, -0.15) is 0 Å². The Labute approximate surface area is 99.7 Å². The van der Waals surface area contributed by atoms with E-state index in [9.17, 15) is 9.59 Å². The van der Waals surface area contributed by atoms with Crippen molar-refractivity contribution in [2.24, 2.45) is 0 Å². The molecule has 0 bridgehead atoms. The van der Waals surface area contributed by atoms with Crippen LogP contribution in [0.4, 0.5) is 5.69 Å². The molecular formula is C12H15NO4. The number of hydrogen-bond donors (Lipinski definition) is 1. The Kier molecular flexibility index (Phi) is 5.92. The van der Waals surface area contributed by atoms with Crippen LogP contribution >= 0.6 is 0 Å². The fraction of sp³-hybridized carbons (Fsp3) is 0.333. The molecule has 0 aliphatic carbocycles. The first-order valence-corrected chi connectivity index (χ1v) is 5.18. The molecule has 0 unspecified atom stereocenters. The van der Waals surface area contributed by atoms with Crippen LogP contribution in [0.15, 0.2) is 24.3 Å². The summed E-state index contributed by atoms with van der Waals surface area (Å²) in [4.78, 5) is 21.8. The number of anilines is 1. The number of aldehydes is 1. The lowest BCUT2D eigenvalue weighted by atomic mass is 10.2. The van der Waals surface area contributed by atoms with Gasteiger partial charge >= 0.3 is 0 Å². The topological polar surface area (TPSA) is 64.6 Å². The first kappa shape index (κ1) is 13.3. The van der Waals surface area contributed by atoms with Crippen molar-refractivity contribution in [2.75, 3.05) is 32.2 Å². The maximum Gasteiger partial charge on any atom is 0.250 e. The minimum absolute atomic E-state index is 0.0151. The van der Waals surface area contributed by atoms with Crippen LogP contribution in [-0.2, 0) is 14.3 Å². The van der Waals surface area contributed by atoms with Gasteiger partial charge in [0, 0.05) is 18.4 Å². The van der Waals surface area contributed by atoms with E-state index in [1.165, 1.54) is 0 Å². The van der Waals surface area contributed by atoms with Gasteiger partial charge in [-0.3, -0.25) is 9.59 Å². The number of benzene rings is 1. The number of carbonyl (C=O) groups is 2. The fourth-order valence-corrected chi connectivity index (χ4v) is 1.15. The van der Waals surface area contributed by atoms with Crippen molar-refractivity contribution >= 4 is 17.9 Å². The van der Waals surface area contributed by atoms with E-state index in [4.69, 9.17) is 9.47 Å². The summed E-state index contributed by atoms with van der Waals surface area (Å²) in [6, 6.07) is 6.59. The highest BCUT2D eigenvalue weighted by Crippen LogP contribution is 2.07. The molecule has 0 saturated heterocycles. The van der Waals surface area contributed by atoms with Crippen LogP contribution < -0.4 is 5.32 Å². The summed E-state index contributed by atoms with van der Waals surface area (Å²) in [6.45, 7) is 0.827. The van der Waals surface area contributed by atoms with E-state index in [0.717, 1.165) is 6.29 Å². The van der Waals surface area contributed by atoms with E-state index in [-0.39, 0.29) is 12.5 Å². The Balaban J connectivity index is 2.32. The van der Waals surface area contributed by atoms with Crippen LogP contribution in [0.1, 0.15) is 10.4 Å². The summed E-state index contributed by atoms with van der Waals surface area (Å²) >= 11 is 0. The average molecular weight is 237 g/mol. The molecule has 0 aliphatic heterocycles. The lowest BCUT2D eigenvalue weighted by Gasteiger charge is -2.06. The first-order valence-electron chi connectivity index (χ1n) is 5.18. The normalized spacial score (nSPS) is 9.94. The molecule has 0 radical (unpaired) electrons. The van der Waals surface area contributed by atoms with Crippen molar-refractivity contribution in [2.45, 2.75) is 0 Å². The Morgan fingerprint density at radius 2 is 2.00 bits per heavy atom. The van der Waals surface area contributed by atoms with Crippen molar-refractivity contribution in [3.05, 3.63) is 29.8 Å². The van der Waals surface area contributed by atoms with E-state index in [1.54, 1.807) is 31.4 Å². The molecule has 0 aliphatic rings. The third-order valence-electron chi connectivity index (χ3n) is 2.00. The molecule has 92 valence electrons. The van der Waals surface area contributed by atoms with Crippen LogP contribution in [0, 0.1) is 0 Å². The SMILES string of the molecule is COCCOCC(=O)Nc1ccc(C=O)cc1. The van der Waals surface area contributed by atoms with E-state index < -0.39 is 0 Å². The monoisotopic (exact) mass is 237 g/mol. The first-order chi connectivity index (χ1) is 8.26. The van der Waals surface area contributed by atoms with Gasteiger partial charge in [0.25, 0.3) is 0 Å². The molecular weight excluding hydrogens is 222 g/mol. The maximum absolute atomic E-state index is 11.4. The maximum atomic E-state index is 11.4. The quantitative estimate of drug-likeness (QED) is 0.569.